The average Bonchev–Trinajstić information content (AvgIpc) is 2.81. The van der Waals surface area contributed by atoms with E-state index in [0.717, 1.165) is 18.7 Å². The predicted octanol–water partition coefficient (Wildman–Crippen LogP) is 4.36. The highest BCUT2D eigenvalue weighted by Gasteiger charge is 2.19. The molecule has 1 N–H and O–H groups in total. The van der Waals surface area contributed by atoms with Crippen molar-refractivity contribution in [2.24, 2.45) is 5.92 Å². The molecular formula is C26H37N3O4S. The molecule has 0 aliphatic carbocycles. The van der Waals surface area contributed by atoms with Crippen molar-refractivity contribution < 1.29 is 17.9 Å². The molecule has 2 aromatic rings. The number of benzene rings is 2. The van der Waals surface area contributed by atoms with E-state index in [9.17, 15) is 13.2 Å². The summed E-state index contributed by atoms with van der Waals surface area (Å²) < 4.78 is 31.1. The van der Waals surface area contributed by atoms with E-state index in [0.29, 0.717) is 23.8 Å². The largest absolute Gasteiger partial charge is 0.497 e. The summed E-state index contributed by atoms with van der Waals surface area (Å²) in [5.74, 6) is 1.20. The SMILES string of the molecule is COc1cccc(N(CCCC(=O)N[C@@H](C)c2ccc(N3CCC[C@H](C)C3)cc2)S(C)(=O)=O)c1. The summed E-state index contributed by atoms with van der Waals surface area (Å²) in [6, 6.07) is 15.2. The lowest BCUT2D eigenvalue weighted by atomic mass is 9.99. The molecular weight excluding hydrogens is 450 g/mol. The number of carbonyl (C=O) groups is 1. The molecule has 0 spiro atoms. The fourth-order valence-corrected chi connectivity index (χ4v) is 5.39. The normalized spacial score (nSPS) is 17.2. The molecule has 1 saturated heterocycles. The van der Waals surface area contributed by atoms with Crippen LogP contribution >= 0.6 is 0 Å². The molecule has 186 valence electrons. The molecule has 34 heavy (non-hydrogen) atoms. The van der Waals surface area contributed by atoms with E-state index in [2.05, 4.69) is 41.4 Å². The second kappa shape index (κ2) is 11.6. The Kier molecular flexibility index (Phi) is 8.83. The van der Waals surface area contributed by atoms with Gasteiger partial charge in [0.2, 0.25) is 15.9 Å². The van der Waals surface area contributed by atoms with Crippen molar-refractivity contribution in [2.75, 3.05) is 42.2 Å². The van der Waals surface area contributed by atoms with Gasteiger partial charge in [0.25, 0.3) is 0 Å². The van der Waals surface area contributed by atoms with Crippen molar-refractivity contribution in [2.45, 2.75) is 45.6 Å². The summed E-state index contributed by atoms with van der Waals surface area (Å²) in [7, 11) is -1.94. The zero-order valence-electron chi connectivity index (χ0n) is 20.7. The Morgan fingerprint density at radius 2 is 1.97 bits per heavy atom. The topological polar surface area (TPSA) is 79.0 Å². The van der Waals surface area contributed by atoms with Crippen LogP contribution in [0.25, 0.3) is 0 Å². The van der Waals surface area contributed by atoms with Gasteiger partial charge in [-0.2, -0.15) is 0 Å². The number of nitrogens with one attached hydrogen (secondary N) is 1. The van der Waals surface area contributed by atoms with Gasteiger partial charge in [-0.25, -0.2) is 8.42 Å². The van der Waals surface area contributed by atoms with Gasteiger partial charge in [0.15, 0.2) is 0 Å². The Bertz CT molecular complexity index is 1060. The Morgan fingerprint density at radius 1 is 1.24 bits per heavy atom. The molecule has 3 rings (SSSR count). The Balaban J connectivity index is 1.52. The highest BCUT2D eigenvalue weighted by molar-refractivity contribution is 7.92. The minimum atomic E-state index is -3.48. The summed E-state index contributed by atoms with van der Waals surface area (Å²) in [5, 5.41) is 3.03. The van der Waals surface area contributed by atoms with Crippen molar-refractivity contribution in [1.82, 2.24) is 5.32 Å². The number of rotatable bonds is 10. The summed E-state index contributed by atoms with van der Waals surface area (Å²) in [5.41, 5.74) is 2.81. The van der Waals surface area contributed by atoms with Gasteiger partial charge in [-0.15, -0.1) is 0 Å². The number of methoxy groups -OCH3 is 1. The Labute approximate surface area is 204 Å². The van der Waals surface area contributed by atoms with Crippen LogP contribution in [-0.2, 0) is 14.8 Å². The zero-order chi connectivity index (χ0) is 24.7. The average molecular weight is 488 g/mol. The van der Waals surface area contributed by atoms with Crippen LogP contribution in [0.5, 0.6) is 5.75 Å². The zero-order valence-corrected chi connectivity index (χ0v) is 21.5. The number of hydrogen-bond acceptors (Lipinski definition) is 5. The van der Waals surface area contributed by atoms with Gasteiger partial charge in [-0.1, -0.05) is 25.1 Å². The predicted molar refractivity (Wildman–Crippen MR) is 138 cm³/mol. The lowest BCUT2D eigenvalue weighted by molar-refractivity contribution is -0.121. The van der Waals surface area contributed by atoms with Gasteiger partial charge in [0, 0.05) is 37.8 Å². The van der Waals surface area contributed by atoms with Crippen LogP contribution in [0.4, 0.5) is 11.4 Å². The van der Waals surface area contributed by atoms with Crippen molar-refractivity contribution in [3.8, 4) is 5.75 Å². The summed E-state index contributed by atoms with van der Waals surface area (Å²) in [6.45, 7) is 6.66. The number of ether oxygens (including phenoxy) is 1. The first-order valence-corrected chi connectivity index (χ1v) is 13.8. The van der Waals surface area contributed by atoms with E-state index >= 15 is 0 Å². The number of hydrogen-bond donors (Lipinski definition) is 1. The van der Waals surface area contributed by atoms with Crippen molar-refractivity contribution in [3.05, 3.63) is 54.1 Å². The summed E-state index contributed by atoms with van der Waals surface area (Å²) >= 11 is 0. The van der Waals surface area contributed by atoms with Crippen molar-refractivity contribution in [1.29, 1.82) is 0 Å². The van der Waals surface area contributed by atoms with Crippen LogP contribution in [0.2, 0.25) is 0 Å². The molecule has 1 aliphatic heterocycles. The number of anilines is 2. The molecule has 1 amide bonds. The van der Waals surface area contributed by atoms with E-state index in [4.69, 9.17) is 4.74 Å². The molecule has 0 bridgehead atoms. The van der Waals surface area contributed by atoms with Gasteiger partial charge < -0.3 is 15.0 Å². The molecule has 1 heterocycles. The molecule has 2 atom stereocenters. The molecule has 1 fully saturated rings. The molecule has 1 aliphatic rings. The maximum absolute atomic E-state index is 12.5. The van der Waals surface area contributed by atoms with Crippen LogP contribution in [0.1, 0.15) is 51.1 Å². The van der Waals surface area contributed by atoms with Crippen LogP contribution < -0.4 is 19.3 Å². The number of sulfonamides is 1. The third-order valence-electron chi connectivity index (χ3n) is 6.30. The van der Waals surface area contributed by atoms with Gasteiger partial charge in [-0.05, 0) is 61.9 Å². The highest BCUT2D eigenvalue weighted by Crippen LogP contribution is 2.25. The van der Waals surface area contributed by atoms with E-state index in [1.165, 1.54) is 36.2 Å². The summed E-state index contributed by atoms with van der Waals surface area (Å²) in [6.07, 6.45) is 4.34. The minimum absolute atomic E-state index is 0.0967. The van der Waals surface area contributed by atoms with Crippen LogP contribution in [-0.4, -0.2) is 47.3 Å². The van der Waals surface area contributed by atoms with Gasteiger partial charge in [0.05, 0.1) is 25.1 Å². The number of piperidine rings is 1. The molecule has 2 aromatic carbocycles. The first kappa shape index (κ1) is 25.9. The molecule has 8 heteroatoms. The van der Waals surface area contributed by atoms with Crippen LogP contribution in [0.3, 0.4) is 0 Å². The van der Waals surface area contributed by atoms with Gasteiger partial charge >= 0.3 is 0 Å². The molecule has 0 saturated carbocycles. The maximum atomic E-state index is 12.5. The van der Waals surface area contributed by atoms with Crippen LogP contribution in [0.15, 0.2) is 48.5 Å². The van der Waals surface area contributed by atoms with Crippen molar-refractivity contribution in [3.63, 3.8) is 0 Å². The Morgan fingerprint density at radius 3 is 2.62 bits per heavy atom. The highest BCUT2D eigenvalue weighted by atomic mass is 32.2. The fraction of sp³-hybridized carbons (Fsp3) is 0.500. The number of nitrogens with zero attached hydrogens (tertiary/aromatic N) is 2. The van der Waals surface area contributed by atoms with E-state index < -0.39 is 10.0 Å². The maximum Gasteiger partial charge on any atom is 0.232 e. The van der Waals surface area contributed by atoms with Crippen LogP contribution in [0, 0.1) is 5.92 Å². The summed E-state index contributed by atoms with van der Waals surface area (Å²) in [4.78, 5) is 15.0. The first-order valence-electron chi connectivity index (χ1n) is 11.9. The lowest BCUT2D eigenvalue weighted by Crippen LogP contribution is -2.34. The molecule has 7 nitrogen and oxygen atoms in total. The molecule has 0 radical (unpaired) electrons. The molecule has 0 aromatic heterocycles. The lowest BCUT2D eigenvalue weighted by Gasteiger charge is -2.33. The van der Waals surface area contributed by atoms with Crippen molar-refractivity contribution >= 4 is 27.3 Å². The first-order chi connectivity index (χ1) is 16.2. The van der Waals surface area contributed by atoms with E-state index in [-0.39, 0.29) is 24.9 Å². The van der Waals surface area contributed by atoms with Gasteiger partial charge in [0.1, 0.15) is 5.75 Å². The Hall–Kier alpha value is -2.74. The van der Waals surface area contributed by atoms with Gasteiger partial charge in [-0.3, -0.25) is 9.10 Å². The second-order valence-corrected chi connectivity index (χ2v) is 11.1. The third-order valence-corrected chi connectivity index (χ3v) is 7.49. The molecule has 0 unspecified atom stereocenters. The smallest absolute Gasteiger partial charge is 0.232 e. The number of carbonyl (C=O) groups excluding carboxylic acids is 1. The number of amides is 1. The van der Waals surface area contributed by atoms with E-state index in [1.807, 2.05) is 6.92 Å². The monoisotopic (exact) mass is 487 g/mol. The minimum Gasteiger partial charge on any atom is -0.497 e. The van der Waals surface area contributed by atoms with E-state index in [1.54, 1.807) is 24.3 Å². The standard InChI is InChI=1S/C26H37N3O4S/c1-20-8-6-16-28(19-20)23-14-12-22(13-15-23)21(2)27-26(30)11-7-17-29(34(4,31)32)24-9-5-10-25(18-24)33-3/h5,9-10,12-15,18,20-21H,6-8,11,16-17,19H2,1-4H3,(H,27,30)/t20-,21-/m0/s1. The fourth-order valence-electron chi connectivity index (χ4n) is 4.43. The quantitative estimate of drug-likeness (QED) is 0.539. The second-order valence-electron chi connectivity index (χ2n) is 9.21. The third kappa shape index (κ3) is 7.13.